The van der Waals surface area contributed by atoms with Gasteiger partial charge < -0.3 is 5.32 Å². The molecule has 1 N–H and O–H groups in total. The summed E-state index contributed by atoms with van der Waals surface area (Å²) in [6.45, 7) is 2.03. The number of halogens is 2. The largest absolute Gasteiger partial charge is 0.319 e. The van der Waals surface area contributed by atoms with E-state index in [2.05, 4.69) is 34.7 Å². The summed E-state index contributed by atoms with van der Waals surface area (Å²) in [5, 5.41) is 8.35. The fourth-order valence-corrected chi connectivity index (χ4v) is 4.35. The molecule has 1 heterocycles. The fourth-order valence-electron chi connectivity index (χ4n) is 3.90. The normalized spacial score (nSPS) is 10.8. The SMILES string of the molecule is Cc1cccc(-n2nc(C(=O)Nc3ccc(Cl)cc3Cl)cc2-c2ccc(-c3ccccc3)cc2)c1. The molecular weight excluding hydrogens is 477 g/mol. The monoisotopic (exact) mass is 497 g/mol. The average Bonchev–Trinajstić information content (AvgIpc) is 3.32. The second-order valence-electron chi connectivity index (χ2n) is 8.19. The topological polar surface area (TPSA) is 46.9 Å². The van der Waals surface area contributed by atoms with Gasteiger partial charge in [-0.2, -0.15) is 5.10 Å². The van der Waals surface area contributed by atoms with Crippen LogP contribution in [0.3, 0.4) is 0 Å². The Labute approximate surface area is 213 Å². The quantitative estimate of drug-likeness (QED) is 0.266. The van der Waals surface area contributed by atoms with E-state index in [9.17, 15) is 4.79 Å². The maximum atomic E-state index is 13.1. The summed E-state index contributed by atoms with van der Waals surface area (Å²) in [6, 6.07) is 33.2. The van der Waals surface area contributed by atoms with Gasteiger partial charge in [0.05, 0.1) is 22.1 Å². The van der Waals surface area contributed by atoms with Crippen molar-refractivity contribution in [1.29, 1.82) is 0 Å². The Balaban J connectivity index is 1.54. The maximum Gasteiger partial charge on any atom is 0.276 e. The van der Waals surface area contributed by atoms with Crippen LogP contribution in [0.1, 0.15) is 16.1 Å². The number of hydrogen-bond acceptors (Lipinski definition) is 2. The molecule has 0 unspecified atom stereocenters. The van der Waals surface area contributed by atoms with Crippen LogP contribution in [0.5, 0.6) is 0 Å². The molecule has 0 saturated carbocycles. The smallest absolute Gasteiger partial charge is 0.276 e. The van der Waals surface area contributed by atoms with Crippen LogP contribution < -0.4 is 5.32 Å². The molecule has 5 rings (SSSR count). The Hall–Kier alpha value is -3.86. The van der Waals surface area contributed by atoms with Crippen LogP contribution in [0.15, 0.2) is 103 Å². The molecule has 0 saturated heterocycles. The van der Waals surface area contributed by atoms with E-state index in [-0.39, 0.29) is 11.6 Å². The zero-order valence-corrected chi connectivity index (χ0v) is 20.4. The van der Waals surface area contributed by atoms with Gasteiger partial charge in [0.2, 0.25) is 0 Å². The van der Waals surface area contributed by atoms with Gasteiger partial charge in [-0.25, -0.2) is 4.68 Å². The number of nitrogens with one attached hydrogen (secondary N) is 1. The van der Waals surface area contributed by atoms with E-state index in [1.165, 1.54) is 0 Å². The van der Waals surface area contributed by atoms with Crippen molar-refractivity contribution < 1.29 is 4.79 Å². The van der Waals surface area contributed by atoms with Gasteiger partial charge in [0.15, 0.2) is 5.69 Å². The number of aryl methyl sites for hydroxylation is 1. The standard InChI is InChI=1S/C29H21Cl2N3O/c1-19-6-5-9-24(16-19)34-28(22-12-10-21(11-13-22)20-7-3-2-4-8-20)18-27(33-34)29(35)32-26-15-14-23(30)17-25(26)31/h2-18H,1H3,(H,32,35). The molecule has 4 nitrogen and oxygen atoms in total. The summed E-state index contributed by atoms with van der Waals surface area (Å²) >= 11 is 12.2. The van der Waals surface area contributed by atoms with Gasteiger partial charge in [-0.1, -0.05) is 89.9 Å². The van der Waals surface area contributed by atoms with Crippen LogP contribution >= 0.6 is 23.2 Å². The molecule has 6 heteroatoms. The van der Waals surface area contributed by atoms with Crippen molar-refractivity contribution in [3.05, 3.63) is 124 Å². The van der Waals surface area contributed by atoms with Gasteiger partial charge >= 0.3 is 0 Å². The molecule has 0 aliphatic rings. The molecule has 5 aromatic rings. The summed E-state index contributed by atoms with van der Waals surface area (Å²) in [5.41, 5.74) is 6.74. The van der Waals surface area contributed by atoms with Gasteiger partial charge in [-0.3, -0.25) is 4.79 Å². The van der Waals surface area contributed by atoms with Gasteiger partial charge in [-0.05, 0) is 60.0 Å². The molecule has 0 spiro atoms. The third-order valence-corrected chi connectivity index (χ3v) is 6.20. The molecule has 0 radical (unpaired) electrons. The predicted octanol–water partition coefficient (Wildman–Crippen LogP) is 8.07. The van der Waals surface area contributed by atoms with E-state index in [0.29, 0.717) is 15.7 Å². The van der Waals surface area contributed by atoms with Crippen LogP contribution in [0.2, 0.25) is 10.0 Å². The van der Waals surface area contributed by atoms with E-state index in [4.69, 9.17) is 23.2 Å². The molecule has 0 bridgehead atoms. The van der Waals surface area contributed by atoms with Gasteiger partial charge in [-0.15, -0.1) is 0 Å². The summed E-state index contributed by atoms with van der Waals surface area (Å²) in [6.07, 6.45) is 0. The molecule has 35 heavy (non-hydrogen) atoms. The first-order chi connectivity index (χ1) is 17.0. The third kappa shape index (κ3) is 4.99. The Bertz CT molecular complexity index is 1510. The molecule has 0 atom stereocenters. The molecule has 172 valence electrons. The van der Waals surface area contributed by atoms with Crippen LogP contribution in [-0.4, -0.2) is 15.7 Å². The highest BCUT2D eigenvalue weighted by atomic mass is 35.5. The van der Waals surface area contributed by atoms with Gasteiger partial charge in [0.1, 0.15) is 0 Å². The van der Waals surface area contributed by atoms with Crippen molar-refractivity contribution in [2.45, 2.75) is 6.92 Å². The van der Waals surface area contributed by atoms with Crippen LogP contribution in [0, 0.1) is 6.92 Å². The summed E-state index contributed by atoms with van der Waals surface area (Å²) < 4.78 is 1.79. The minimum Gasteiger partial charge on any atom is -0.319 e. The molecule has 1 amide bonds. The van der Waals surface area contributed by atoms with E-state index >= 15 is 0 Å². The first kappa shape index (κ1) is 22.9. The Morgan fingerprint density at radius 3 is 2.20 bits per heavy atom. The zero-order chi connectivity index (χ0) is 24.4. The highest BCUT2D eigenvalue weighted by Crippen LogP contribution is 2.29. The van der Waals surface area contributed by atoms with Crippen molar-refractivity contribution in [2.24, 2.45) is 0 Å². The van der Waals surface area contributed by atoms with Crippen LogP contribution in [0.25, 0.3) is 28.1 Å². The molecule has 1 aromatic heterocycles. The second-order valence-corrected chi connectivity index (χ2v) is 9.03. The number of amides is 1. The van der Waals surface area contributed by atoms with Crippen molar-refractivity contribution in [3.63, 3.8) is 0 Å². The minimum atomic E-state index is -0.359. The number of carbonyl (C=O) groups is 1. The van der Waals surface area contributed by atoms with Crippen molar-refractivity contribution in [1.82, 2.24) is 9.78 Å². The average molecular weight is 498 g/mol. The molecule has 0 aliphatic heterocycles. The summed E-state index contributed by atoms with van der Waals surface area (Å²) in [7, 11) is 0. The first-order valence-corrected chi connectivity index (χ1v) is 11.8. The predicted molar refractivity (Wildman–Crippen MR) is 144 cm³/mol. The van der Waals surface area contributed by atoms with Gasteiger partial charge in [0, 0.05) is 10.6 Å². The highest BCUT2D eigenvalue weighted by Gasteiger charge is 2.18. The van der Waals surface area contributed by atoms with Crippen molar-refractivity contribution >= 4 is 34.8 Å². The summed E-state index contributed by atoms with van der Waals surface area (Å²) in [5.74, 6) is -0.359. The summed E-state index contributed by atoms with van der Waals surface area (Å²) in [4.78, 5) is 13.1. The number of nitrogens with zero attached hydrogens (tertiary/aromatic N) is 2. The number of rotatable bonds is 5. The lowest BCUT2D eigenvalue weighted by atomic mass is 10.0. The molecule has 4 aromatic carbocycles. The zero-order valence-electron chi connectivity index (χ0n) is 18.9. The number of carbonyl (C=O) groups excluding carboxylic acids is 1. The fraction of sp³-hybridized carbons (Fsp3) is 0.0345. The van der Waals surface area contributed by atoms with Gasteiger partial charge in [0.25, 0.3) is 5.91 Å². The Kier molecular flexibility index (Phi) is 6.41. The lowest BCUT2D eigenvalue weighted by molar-refractivity contribution is 0.102. The minimum absolute atomic E-state index is 0.277. The molecular formula is C29H21Cl2N3O. The second kappa shape index (κ2) is 9.79. The number of benzene rings is 4. The van der Waals surface area contributed by atoms with Crippen LogP contribution in [-0.2, 0) is 0 Å². The number of anilines is 1. The number of aromatic nitrogens is 2. The maximum absolute atomic E-state index is 13.1. The van der Waals surface area contributed by atoms with Crippen molar-refractivity contribution in [2.75, 3.05) is 5.32 Å². The van der Waals surface area contributed by atoms with E-state index < -0.39 is 0 Å². The van der Waals surface area contributed by atoms with E-state index in [1.54, 1.807) is 28.9 Å². The van der Waals surface area contributed by atoms with E-state index in [1.807, 2.05) is 61.5 Å². The lowest BCUT2D eigenvalue weighted by Crippen LogP contribution is -2.13. The van der Waals surface area contributed by atoms with Crippen LogP contribution in [0.4, 0.5) is 5.69 Å². The number of hydrogen-bond donors (Lipinski definition) is 1. The first-order valence-electron chi connectivity index (χ1n) is 11.1. The molecule has 0 aliphatic carbocycles. The Morgan fingerprint density at radius 2 is 1.49 bits per heavy atom. The lowest BCUT2D eigenvalue weighted by Gasteiger charge is -2.09. The molecule has 0 fully saturated rings. The van der Waals surface area contributed by atoms with Crippen molar-refractivity contribution in [3.8, 4) is 28.1 Å². The highest BCUT2D eigenvalue weighted by molar-refractivity contribution is 6.36. The van der Waals surface area contributed by atoms with E-state index in [0.717, 1.165) is 33.6 Å². The third-order valence-electron chi connectivity index (χ3n) is 5.66. The Morgan fingerprint density at radius 1 is 0.771 bits per heavy atom.